The Morgan fingerprint density at radius 3 is 1.97 bits per heavy atom. The molecule has 0 radical (unpaired) electrons. The third-order valence-electron chi connectivity index (χ3n) is 6.20. The fourth-order valence-corrected chi connectivity index (χ4v) is 7.99. The first-order chi connectivity index (χ1) is 14.7. The van der Waals surface area contributed by atoms with E-state index in [1.54, 1.807) is 0 Å². The summed E-state index contributed by atoms with van der Waals surface area (Å²) in [7, 11) is -2.79. The van der Waals surface area contributed by atoms with Gasteiger partial charge in [-0.25, -0.2) is 0 Å². The molecule has 0 spiro atoms. The smallest absolute Gasteiger partial charge is 0.374 e. The molecule has 1 amide bonds. The normalized spacial score (nSPS) is 23.7. The number of carbonyl (C=O) groups is 2. The number of ketones is 1. The maximum absolute atomic E-state index is 13.0. The van der Waals surface area contributed by atoms with Crippen molar-refractivity contribution in [3.05, 3.63) is 0 Å². The summed E-state index contributed by atoms with van der Waals surface area (Å²) >= 11 is 0. The predicted octanol–water partition coefficient (Wildman–Crippen LogP) is 5.38. The minimum atomic E-state index is -2.79. The van der Waals surface area contributed by atoms with E-state index in [0.717, 1.165) is 19.3 Å². The Balaban J connectivity index is 2.76. The Morgan fingerprint density at radius 1 is 0.969 bits per heavy atom. The molecule has 0 aromatic rings. The predicted molar refractivity (Wildman–Crippen MR) is 131 cm³/mol. The van der Waals surface area contributed by atoms with Gasteiger partial charge in [-0.2, -0.15) is 0 Å². The van der Waals surface area contributed by atoms with Gasteiger partial charge < -0.3 is 18.6 Å². The van der Waals surface area contributed by atoms with Crippen molar-refractivity contribution in [2.24, 2.45) is 22.2 Å². The van der Waals surface area contributed by atoms with Crippen LogP contribution in [0.2, 0.25) is 6.04 Å². The van der Waals surface area contributed by atoms with Gasteiger partial charge in [-0.3, -0.25) is 9.59 Å². The minimum absolute atomic E-state index is 0.00587. The van der Waals surface area contributed by atoms with E-state index >= 15 is 0 Å². The zero-order valence-corrected chi connectivity index (χ0v) is 23.2. The van der Waals surface area contributed by atoms with E-state index in [9.17, 15) is 9.59 Å². The van der Waals surface area contributed by atoms with Gasteiger partial charge >= 0.3 is 8.80 Å². The van der Waals surface area contributed by atoms with Crippen molar-refractivity contribution in [3.8, 4) is 0 Å². The van der Waals surface area contributed by atoms with Crippen LogP contribution in [0.15, 0.2) is 0 Å². The van der Waals surface area contributed by atoms with E-state index in [1.807, 2.05) is 41.5 Å². The lowest BCUT2D eigenvalue weighted by molar-refractivity contribution is -0.129. The minimum Gasteiger partial charge on any atom is -0.374 e. The van der Waals surface area contributed by atoms with Gasteiger partial charge in [0.05, 0.1) is 0 Å². The largest absolute Gasteiger partial charge is 0.501 e. The number of carbonyl (C=O) groups excluding carboxylic acids is 2. The van der Waals surface area contributed by atoms with Crippen LogP contribution in [0.3, 0.4) is 0 Å². The molecule has 188 valence electrons. The van der Waals surface area contributed by atoms with Gasteiger partial charge in [-0.1, -0.05) is 41.5 Å². The molecule has 7 heteroatoms. The Hall–Kier alpha value is -0.763. The Labute approximate surface area is 197 Å². The van der Waals surface area contributed by atoms with Crippen molar-refractivity contribution in [2.45, 2.75) is 100 Å². The number of nitrogens with one attached hydrogen (secondary N) is 1. The molecule has 2 atom stereocenters. The fourth-order valence-electron chi connectivity index (χ4n) is 5.41. The van der Waals surface area contributed by atoms with E-state index in [4.69, 9.17) is 13.3 Å². The molecule has 0 aromatic heterocycles. The summed E-state index contributed by atoms with van der Waals surface area (Å²) in [5.41, 5.74) is -0.257. The molecule has 0 aromatic carbocycles. The van der Waals surface area contributed by atoms with Crippen molar-refractivity contribution in [3.63, 3.8) is 0 Å². The maximum atomic E-state index is 13.0. The van der Waals surface area contributed by atoms with Crippen molar-refractivity contribution >= 4 is 20.5 Å². The van der Waals surface area contributed by atoms with Gasteiger partial charge in [0.2, 0.25) is 5.91 Å². The van der Waals surface area contributed by atoms with E-state index in [-0.39, 0.29) is 22.5 Å². The Bertz CT molecular complexity index is 599. The SMILES string of the molecule is CCO[Si](CCC(=O)CC1CC(C)(C)CC(C)(CNC(=O)C(C)(C)C)C1)(OCC)OCC. The summed E-state index contributed by atoms with van der Waals surface area (Å²) < 4.78 is 17.7. The first-order valence-corrected chi connectivity index (χ1v) is 14.3. The molecule has 32 heavy (non-hydrogen) atoms. The molecule has 1 N–H and O–H groups in total. The number of amides is 1. The van der Waals surface area contributed by atoms with E-state index in [0.29, 0.717) is 51.2 Å². The average Bonchev–Trinajstić information content (AvgIpc) is 2.63. The zero-order valence-electron chi connectivity index (χ0n) is 22.2. The van der Waals surface area contributed by atoms with Gasteiger partial charge in [0.25, 0.3) is 0 Å². The van der Waals surface area contributed by atoms with Crippen molar-refractivity contribution < 1.29 is 22.9 Å². The molecule has 2 unspecified atom stereocenters. The highest BCUT2D eigenvalue weighted by molar-refractivity contribution is 6.61. The second-order valence-electron chi connectivity index (χ2n) is 11.6. The molecule has 0 heterocycles. The highest BCUT2D eigenvalue weighted by Gasteiger charge is 2.43. The number of Topliss-reactive ketones (excluding diaryl/α,β-unsaturated/α-hetero) is 1. The van der Waals surface area contributed by atoms with Crippen LogP contribution >= 0.6 is 0 Å². The van der Waals surface area contributed by atoms with Gasteiger partial charge in [0, 0.05) is 50.7 Å². The summed E-state index contributed by atoms with van der Waals surface area (Å²) in [6, 6.07) is 0.538. The molecular weight excluding hydrogens is 422 g/mol. The summed E-state index contributed by atoms with van der Waals surface area (Å²) in [6.45, 7) is 20.7. The first-order valence-electron chi connectivity index (χ1n) is 12.4. The monoisotopic (exact) mass is 471 g/mol. The number of hydrogen-bond donors (Lipinski definition) is 1. The number of rotatable bonds is 13. The second kappa shape index (κ2) is 12.1. The van der Waals surface area contributed by atoms with Crippen molar-refractivity contribution in [2.75, 3.05) is 26.4 Å². The van der Waals surface area contributed by atoms with Crippen LogP contribution in [-0.2, 0) is 22.9 Å². The first kappa shape index (κ1) is 29.3. The molecule has 1 saturated carbocycles. The Kier molecular flexibility index (Phi) is 11.1. The highest BCUT2D eigenvalue weighted by Crippen LogP contribution is 2.49. The molecule has 6 nitrogen and oxygen atoms in total. The van der Waals surface area contributed by atoms with Crippen LogP contribution in [0, 0.1) is 22.2 Å². The lowest BCUT2D eigenvalue weighted by atomic mass is 9.59. The van der Waals surface area contributed by atoms with Crippen LogP contribution in [0.4, 0.5) is 0 Å². The van der Waals surface area contributed by atoms with E-state index in [1.165, 1.54) is 0 Å². The third-order valence-corrected chi connectivity index (χ3v) is 9.25. The molecule has 1 rings (SSSR count). The van der Waals surface area contributed by atoms with Gasteiger partial charge in [0.1, 0.15) is 5.78 Å². The standard InChI is InChI=1S/C25H49NO5Si/c1-10-29-32(30-11-2,31-12-3)14-13-21(27)15-20-16-24(7,8)18-25(9,17-20)19-26-22(28)23(4,5)6/h20H,10-19H2,1-9H3,(H,26,28). The van der Waals surface area contributed by atoms with Crippen LogP contribution in [0.1, 0.15) is 94.4 Å². The molecule has 1 aliphatic carbocycles. The summed E-state index contributed by atoms with van der Waals surface area (Å²) in [5.74, 6) is 0.661. The lowest BCUT2D eigenvalue weighted by Crippen LogP contribution is -2.47. The third kappa shape index (κ3) is 9.62. The van der Waals surface area contributed by atoms with Crippen molar-refractivity contribution in [1.29, 1.82) is 0 Å². The topological polar surface area (TPSA) is 73.9 Å². The van der Waals surface area contributed by atoms with Gasteiger partial charge in [-0.05, 0) is 56.8 Å². The Morgan fingerprint density at radius 2 is 1.50 bits per heavy atom. The van der Waals surface area contributed by atoms with Gasteiger partial charge in [-0.15, -0.1) is 0 Å². The molecule has 0 bridgehead atoms. The summed E-state index contributed by atoms with van der Waals surface area (Å²) in [4.78, 5) is 25.4. The molecular formula is C25H49NO5Si. The molecule has 1 aliphatic rings. The summed E-state index contributed by atoms with van der Waals surface area (Å²) in [5, 5.41) is 3.16. The fraction of sp³-hybridized carbons (Fsp3) is 0.920. The molecule has 0 aliphatic heterocycles. The lowest BCUT2D eigenvalue weighted by Gasteiger charge is -2.47. The van der Waals surface area contributed by atoms with Crippen LogP contribution in [0.5, 0.6) is 0 Å². The highest BCUT2D eigenvalue weighted by atomic mass is 28.4. The molecule has 0 saturated heterocycles. The van der Waals surface area contributed by atoms with Crippen LogP contribution in [0.25, 0.3) is 0 Å². The second-order valence-corrected chi connectivity index (χ2v) is 14.3. The van der Waals surface area contributed by atoms with Gasteiger partial charge in [0.15, 0.2) is 0 Å². The number of hydrogen-bond acceptors (Lipinski definition) is 5. The van der Waals surface area contributed by atoms with Crippen LogP contribution < -0.4 is 5.32 Å². The van der Waals surface area contributed by atoms with Crippen LogP contribution in [-0.4, -0.2) is 46.9 Å². The van der Waals surface area contributed by atoms with E-state index in [2.05, 4.69) is 26.1 Å². The quantitative estimate of drug-likeness (QED) is 0.365. The maximum Gasteiger partial charge on any atom is 0.501 e. The zero-order chi connectivity index (χ0) is 24.6. The van der Waals surface area contributed by atoms with E-state index < -0.39 is 14.2 Å². The average molecular weight is 472 g/mol. The van der Waals surface area contributed by atoms with Crippen molar-refractivity contribution in [1.82, 2.24) is 5.32 Å². The molecule has 1 fully saturated rings. The summed E-state index contributed by atoms with van der Waals surface area (Å²) in [6.07, 6.45) is 4.04.